The normalized spacial score (nSPS) is 11.1. The Bertz CT molecular complexity index is 803. The minimum atomic E-state index is -0.377. The lowest BCUT2D eigenvalue weighted by Crippen LogP contribution is -2.29. The molecule has 0 bridgehead atoms. The minimum absolute atomic E-state index is 0.194. The zero-order valence-electron chi connectivity index (χ0n) is 12.5. The molecule has 5 nitrogen and oxygen atoms in total. The van der Waals surface area contributed by atoms with Gasteiger partial charge in [0.15, 0.2) is 0 Å². The fraction of sp³-hybridized carbons (Fsp3) is 0.188. The van der Waals surface area contributed by atoms with Gasteiger partial charge in [0, 0.05) is 11.9 Å². The van der Waals surface area contributed by atoms with Crippen LogP contribution in [-0.2, 0) is 11.3 Å². The third kappa shape index (κ3) is 4.08. The number of carbonyl (C=O) groups is 1. The number of anilines is 1. The molecule has 0 saturated heterocycles. The lowest BCUT2D eigenvalue weighted by molar-refractivity contribution is -0.117. The number of carbonyl (C=O) groups excluding carboxylic acids is 1. The Kier molecular flexibility index (Phi) is 4.59. The van der Waals surface area contributed by atoms with Gasteiger partial charge in [0.2, 0.25) is 5.91 Å². The molecular weight excluding hydrogens is 315 g/mol. The Morgan fingerprint density at radius 3 is 3.00 bits per heavy atom. The Morgan fingerprint density at radius 2 is 2.22 bits per heavy atom. The number of pyridine rings is 1. The first kappa shape index (κ1) is 15.5. The van der Waals surface area contributed by atoms with Crippen molar-refractivity contribution in [2.75, 3.05) is 18.9 Å². The fourth-order valence-corrected chi connectivity index (χ4v) is 3.17. The van der Waals surface area contributed by atoms with Crippen molar-refractivity contribution in [3.05, 3.63) is 53.4 Å². The van der Waals surface area contributed by atoms with Crippen molar-refractivity contribution in [1.82, 2.24) is 14.9 Å². The second kappa shape index (κ2) is 6.80. The van der Waals surface area contributed by atoms with Crippen LogP contribution in [0.1, 0.15) is 5.01 Å². The molecule has 0 aliphatic carbocycles. The summed E-state index contributed by atoms with van der Waals surface area (Å²) in [5, 5.41) is 3.58. The van der Waals surface area contributed by atoms with Crippen molar-refractivity contribution in [1.29, 1.82) is 0 Å². The van der Waals surface area contributed by atoms with Crippen LogP contribution in [0.25, 0.3) is 10.3 Å². The first-order valence-electron chi connectivity index (χ1n) is 7.04. The van der Waals surface area contributed by atoms with Crippen molar-refractivity contribution in [2.24, 2.45) is 0 Å². The molecule has 0 radical (unpaired) electrons. The maximum Gasteiger partial charge on any atom is 0.238 e. The van der Waals surface area contributed by atoms with E-state index in [9.17, 15) is 9.18 Å². The Hall–Kier alpha value is -2.38. The highest BCUT2D eigenvalue weighted by molar-refractivity contribution is 7.18. The van der Waals surface area contributed by atoms with Crippen molar-refractivity contribution in [3.63, 3.8) is 0 Å². The van der Waals surface area contributed by atoms with E-state index in [0.717, 1.165) is 15.4 Å². The second-order valence-electron chi connectivity index (χ2n) is 5.17. The lowest BCUT2D eigenvalue weighted by atomic mass is 10.3. The van der Waals surface area contributed by atoms with Crippen molar-refractivity contribution in [2.45, 2.75) is 6.54 Å². The number of benzene rings is 1. The van der Waals surface area contributed by atoms with E-state index in [1.807, 2.05) is 24.1 Å². The van der Waals surface area contributed by atoms with E-state index in [0.29, 0.717) is 12.2 Å². The molecule has 0 aliphatic rings. The Labute approximate surface area is 136 Å². The highest BCUT2D eigenvalue weighted by atomic mass is 32.1. The highest BCUT2D eigenvalue weighted by Gasteiger charge is 2.11. The van der Waals surface area contributed by atoms with Crippen LogP contribution in [0.3, 0.4) is 0 Å². The highest BCUT2D eigenvalue weighted by Crippen LogP contribution is 2.20. The van der Waals surface area contributed by atoms with Gasteiger partial charge in [0.1, 0.15) is 21.2 Å². The first-order chi connectivity index (χ1) is 11.1. The predicted molar refractivity (Wildman–Crippen MR) is 88.8 cm³/mol. The largest absolute Gasteiger partial charge is 0.325 e. The molecule has 118 valence electrons. The molecule has 7 heteroatoms. The topological polar surface area (TPSA) is 58.1 Å². The van der Waals surface area contributed by atoms with Crippen molar-refractivity contribution >= 4 is 33.3 Å². The van der Waals surface area contributed by atoms with Crippen molar-refractivity contribution < 1.29 is 9.18 Å². The predicted octanol–water partition coefficient (Wildman–Crippen LogP) is 2.90. The molecular formula is C16H15FN4OS. The zero-order chi connectivity index (χ0) is 16.2. The molecule has 3 aromatic rings. The molecule has 3 rings (SSSR count). The SMILES string of the molecule is CN(CC(=O)Nc1cccc(F)c1)Cc1nc2cccnc2s1. The summed E-state index contributed by atoms with van der Waals surface area (Å²) in [6.45, 7) is 0.747. The van der Waals surface area contributed by atoms with Gasteiger partial charge in [-0.25, -0.2) is 14.4 Å². The molecule has 2 aromatic heterocycles. The van der Waals surface area contributed by atoms with E-state index in [-0.39, 0.29) is 18.3 Å². The number of fused-ring (bicyclic) bond motifs is 1. The maximum absolute atomic E-state index is 13.1. The van der Waals surface area contributed by atoms with Crippen LogP contribution in [0.5, 0.6) is 0 Å². The van der Waals surface area contributed by atoms with Gasteiger partial charge in [-0.2, -0.15) is 0 Å². The average Bonchev–Trinajstić information content (AvgIpc) is 2.88. The van der Waals surface area contributed by atoms with Crippen LogP contribution in [0, 0.1) is 5.82 Å². The number of nitrogens with one attached hydrogen (secondary N) is 1. The summed E-state index contributed by atoms with van der Waals surface area (Å²) in [4.78, 5) is 23.5. The number of hydrogen-bond donors (Lipinski definition) is 1. The molecule has 0 saturated carbocycles. The lowest BCUT2D eigenvalue weighted by Gasteiger charge is -2.14. The van der Waals surface area contributed by atoms with E-state index in [1.54, 1.807) is 18.3 Å². The number of rotatable bonds is 5. The molecule has 1 aromatic carbocycles. The summed E-state index contributed by atoms with van der Waals surface area (Å²) in [6.07, 6.45) is 1.74. The standard InChI is InChI=1S/C16H15FN4OS/c1-21(9-14(22)19-12-5-2-4-11(17)8-12)10-15-20-13-6-3-7-18-16(13)23-15/h2-8H,9-10H2,1H3,(H,19,22). The van der Waals surface area contributed by atoms with Crippen LogP contribution >= 0.6 is 11.3 Å². The van der Waals surface area contributed by atoms with Gasteiger partial charge in [-0.15, -0.1) is 0 Å². The van der Waals surface area contributed by atoms with E-state index in [2.05, 4.69) is 15.3 Å². The number of thiazole rings is 1. The average molecular weight is 330 g/mol. The number of aromatic nitrogens is 2. The van der Waals surface area contributed by atoms with Gasteiger partial charge in [-0.1, -0.05) is 17.4 Å². The molecule has 1 amide bonds. The van der Waals surface area contributed by atoms with E-state index >= 15 is 0 Å². The monoisotopic (exact) mass is 330 g/mol. The maximum atomic E-state index is 13.1. The molecule has 0 unspecified atom stereocenters. The van der Waals surface area contributed by atoms with Crippen LogP contribution in [0.2, 0.25) is 0 Å². The molecule has 2 heterocycles. The summed E-state index contributed by atoms with van der Waals surface area (Å²) < 4.78 is 13.1. The van der Waals surface area contributed by atoms with E-state index in [1.165, 1.54) is 23.5 Å². The summed E-state index contributed by atoms with van der Waals surface area (Å²) in [7, 11) is 1.84. The van der Waals surface area contributed by atoms with Gasteiger partial charge in [-0.3, -0.25) is 9.69 Å². The second-order valence-corrected chi connectivity index (χ2v) is 6.23. The number of nitrogens with zero attached hydrogens (tertiary/aromatic N) is 3. The van der Waals surface area contributed by atoms with Crippen molar-refractivity contribution in [3.8, 4) is 0 Å². The summed E-state index contributed by atoms with van der Waals surface area (Å²) in [6, 6.07) is 9.60. The number of amides is 1. The smallest absolute Gasteiger partial charge is 0.238 e. The Morgan fingerprint density at radius 1 is 1.35 bits per heavy atom. The quantitative estimate of drug-likeness (QED) is 0.781. The molecule has 0 aliphatic heterocycles. The molecule has 23 heavy (non-hydrogen) atoms. The van der Waals surface area contributed by atoms with Crippen LogP contribution in [0.4, 0.5) is 10.1 Å². The number of likely N-dealkylation sites (N-methyl/N-ethyl adjacent to an activating group) is 1. The van der Waals surface area contributed by atoms with E-state index in [4.69, 9.17) is 0 Å². The molecule has 0 atom stereocenters. The van der Waals surface area contributed by atoms with Crippen LogP contribution in [0.15, 0.2) is 42.6 Å². The summed E-state index contributed by atoms with van der Waals surface area (Å²) in [5.74, 6) is -0.574. The summed E-state index contributed by atoms with van der Waals surface area (Å²) >= 11 is 1.51. The van der Waals surface area contributed by atoms with Gasteiger partial charge in [-0.05, 0) is 37.4 Å². The third-order valence-corrected chi connectivity index (χ3v) is 4.10. The van der Waals surface area contributed by atoms with Gasteiger partial charge < -0.3 is 5.32 Å². The summed E-state index contributed by atoms with van der Waals surface area (Å²) in [5.41, 5.74) is 1.32. The van der Waals surface area contributed by atoms with Gasteiger partial charge in [0.05, 0.1) is 13.1 Å². The van der Waals surface area contributed by atoms with Gasteiger partial charge in [0.25, 0.3) is 0 Å². The Balaban J connectivity index is 1.58. The van der Waals surface area contributed by atoms with Gasteiger partial charge >= 0.3 is 0 Å². The third-order valence-electron chi connectivity index (χ3n) is 3.14. The minimum Gasteiger partial charge on any atom is -0.325 e. The molecule has 0 fully saturated rings. The van der Waals surface area contributed by atoms with Crippen LogP contribution < -0.4 is 5.32 Å². The van der Waals surface area contributed by atoms with Crippen LogP contribution in [-0.4, -0.2) is 34.4 Å². The first-order valence-corrected chi connectivity index (χ1v) is 7.86. The van der Waals surface area contributed by atoms with E-state index < -0.39 is 0 Å². The zero-order valence-corrected chi connectivity index (χ0v) is 13.3. The number of hydrogen-bond acceptors (Lipinski definition) is 5. The molecule has 1 N–H and O–H groups in total. The number of halogens is 1. The molecule has 0 spiro atoms. The fourth-order valence-electron chi connectivity index (χ4n) is 2.18.